The van der Waals surface area contributed by atoms with E-state index in [2.05, 4.69) is 14.9 Å². The fourth-order valence-electron chi connectivity index (χ4n) is 3.01. The highest BCUT2D eigenvalue weighted by Crippen LogP contribution is 2.33. The molecule has 0 aliphatic carbocycles. The van der Waals surface area contributed by atoms with E-state index in [-0.39, 0.29) is 0 Å². The Labute approximate surface area is 125 Å². The minimum Gasteiger partial charge on any atom is -0.385 e. The van der Waals surface area contributed by atoms with E-state index in [4.69, 9.17) is 0 Å². The molecule has 1 unspecified atom stereocenters. The molecule has 1 aromatic carbocycles. The molecule has 1 aromatic heterocycles. The molecule has 1 atom stereocenters. The van der Waals surface area contributed by atoms with E-state index in [1.165, 1.54) is 0 Å². The van der Waals surface area contributed by atoms with E-state index in [0.717, 1.165) is 49.6 Å². The summed E-state index contributed by atoms with van der Waals surface area (Å²) in [4.78, 5) is 10.9. The van der Waals surface area contributed by atoms with Crippen molar-refractivity contribution in [3.63, 3.8) is 0 Å². The highest BCUT2D eigenvalue weighted by molar-refractivity contribution is 5.38. The lowest BCUT2D eigenvalue weighted by molar-refractivity contribution is 0.0244. The third kappa shape index (κ3) is 3.05. The Bertz CT molecular complexity index is 602. The van der Waals surface area contributed by atoms with Gasteiger partial charge in [-0.05, 0) is 37.8 Å². The van der Waals surface area contributed by atoms with Crippen LogP contribution in [-0.4, -0.2) is 28.2 Å². The quantitative estimate of drug-likeness (QED) is 0.920. The van der Waals surface area contributed by atoms with Crippen molar-refractivity contribution in [3.05, 3.63) is 54.0 Å². The van der Waals surface area contributed by atoms with Crippen molar-refractivity contribution < 1.29 is 5.11 Å². The van der Waals surface area contributed by atoms with E-state index in [1.807, 2.05) is 43.3 Å². The van der Waals surface area contributed by atoms with Gasteiger partial charge >= 0.3 is 0 Å². The van der Waals surface area contributed by atoms with Crippen LogP contribution in [0.3, 0.4) is 0 Å². The molecule has 0 saturated carbocycles. The summed E-state index contributed by atoms with van der Waals surface area (Å²) in [5, 5.41) is 11.0. The summed E-state index contributed by atoms with van der Waals surface area (Å²) in [6, 6.07) is 11.9. The van der Waals surface area contributed by atoms with Crippen molar-refractivity contribution >= 4 is 5.82 Å². The number of nitrogens with zero attached hydrogens (tertiary/aromatic N) is 3. The van der Waals surface area contributed by atoms with Gasteiger partial charge < -0.3 is 10.0 Å². The van der Waals surface area contributed by atoms with E-state index < -0.39 is 5.60 Å². The zero-order valence-electron chi connectivity index (χ0n) is 12.4. The Balaban J connectivity index is 1.78. The average molecular weight is 283 g/mol. The number of aromatic nitrogens is 2. The van der Waals surface area contributed by atoms with E-state index in [1.54, 1.807) is 6.20 Å². The Morgan fingerprint density at radius 3 is 2.67 bits per heavy atom. The number of rotatable bonds is 2. The second kappa shape index (κ2) is 5.82. The normalized spacial score (nSPS) is 22.9. The van der Waals surface area contributed by atoms with Gasteiger partial charge in [0.15, 0.2) is 0 Å². The maximum absolute atomic E-state index is 11.0. The molecule has 2 heterocycles. The summed E-state index contributed by atoms with van der Waals surface area (Å²) in [6.07, 6.45) is 4.26. The first kappa shape index (κ1) is 14.0. The first-order valence-electron chi connectivity index (χ1n) is 7.50. The average Bonchev–Trinajstić information content (AvgIpc) is 2.71. The van der Waals surface area contributed by atoms with Gasteiger partial charge in [-0.3, -0.25) is 0 Å². The van der Waals surface area contributed by atoms with Crippen molar-refractivity contribution in [2.45, 2.75) is 31.8 Å². The SMILES string of the molecule is Cc1nccc(N2CCCC(O)(c3ccccc3)CC2)n1. The summed E-state index contributed by atoms with van der Waals surface area (Å²) in [5.74, 6) is 1.75. The van der Waals surface area contributed by atoms with Crippen LogP contribution >= 0.6 is 0 Å². The Morgan fingerprint density at radius 1 is 1.10 bits per heavy atom. The number of aliphatic hydroxyl groups is 1. The van der Waals surface area contributed by atoms with Gasteiger partial charge in [-0.1, -0.05) is 30.3 Å². The van der Waals surface area contributed by atoms with Crippen LogP contribution in [0.2, 0.25) is 0 Å². The van der Waals surface area contributed by atoms with Crippen molar-refractivity contribution in [3.8, 4) is 0 Å². The molecule has 4 nitrogen and oxygen atoms in total. The predicted octanol–water partition coefficient (Wildman–Crippen LogP) is 2.66. The van der Waals surface area contributed by atoms with Gasteiger partial charge in [0.05, 0.1) is 5.60 Å². The highest BCUT2D eigenvalue weighted by Gasteiger charge is 2.32. The number of aryl methyl sites for hydroxylation is 1. The number of hydrogen-bond donors (Lipinski definition) is 1. The van der Waals surface area contributed by atoms with Crippen LogP contribution in [0.15, 0.2) is 42.6 Å². The van der Waals surface area contributed by atoms with Crippen LogP contribution in [0, 0.1) is 6.92 Å². The third-order valence-corrected chi connectivity index (χ3v) is 4.21. The molecule has 110 valence electrons. The van der Waals surface area contributed by atoms with Crippen LogP contribution in [0.5, 0.6) is 0 Å². The first-order valence-corrected chi connectivity index (χ1v) is 7.50. The van der Waals surface area contributed by atoms with Gasteiger partial charge in [-0.25, -0.2) is 9.97 Å². The molecule has 0 bridgehead atoms. The van der Waals surface area contributed by atoms with Gasteiger partial charge in [-0.15, -0.1) is 0 Å². The van der Waals surface area contributed by atoms with Crippen molar-refractivity contribution in [1.29, 1.82) is 0 Å². The van der Waals surface area contributed by atoms with Gasteiger partial charge in [0.1, 0.15) is 11.6 Å². The molecule has 0 spiro atoms. The smallest absolute Gasteiger partial charge is 0.132 e. The van der Waals surface area contributed by atoms with E-state index >= 15 is 0 Å². The molecular formula is C17H21N3O. The van der Waals surface area contributed by atoms with Crippen LogP contribution < -0.4 is 4.90 Å². The zero-order chi connectivity index (χ0) is 14.7. The summed E-state index contributed by atoms with van der Waals surface area (Å²) in [7, 11) is 0. The number of hydrogen-bond acceptors (Lipinski definition) is 4. The number of anilines is 1. The molecule has 1 aliphatic heterocycles. The summed E-state index contributed by atoms with van der Waals surface area (Å²) in [5.41, 5.74) is 0.295. The van der Waals surface area contributed by atoms with Gasteiger partial charge in [0.25, 0.3) is 0 Å². The molecule has 1 aliphatic rings. The second-order valence-electron chi connectivity index (χ2n) is 5.70. The molecule has 1 fully saturated rings. The van der Waals surface area contributed by atoms with Crippen LogP contribution in [-0.2, 0) is 5.60 Å². The molecule has 0 radical (unpaired) electrons. The van der Waals surface area contributed by atoms with Crippen molar-refractivity contribution in [1.82, 2.24) is 9.97 Å². The molecule has 1 N–H and O–H groups in total. The topological polar surface area (TPSA) is 49.2 Å². The minimum atomic E-state index is -0.724. The maximum Gasteiger partial charge on any atom is 0.132 e. The summed E-state index contributed by atoms with van der Waals surface area (Å²) >= 11 is 0. The predicted molar refractivity (Wildman–Crippen MR) is 83.2 cm³/mol. The lowest BCUT2D eigenvalue weighted by Crippen LogP contribution is -2.29. The highest BCUT2D eigenvalue weighted by atomic mass is 16.3. The zero-order valence-corrected chi connectivity index (χ0v) is 12.4. The minimum absolute atomic E-state index is 0.722. The lowest BCUT2D eigenvalue weighted by atomic mass is 9.87. The Hall–Kier alpha value is -1.94. The van der Waals surface area contributed by atoms with Gasteiger partial charge in [0.2, 0.25) is 0 Å². The fraction of sp³-hybridized carbons (Fsp3) is 0.412. The molecule has 2 aromatic rings. The van der Waals surface area contributed by atoms with Crippen molar-refractivity contribution in [2.75, 3.05) is 18.0 Å². The first-order chi connectivity index (χ1) is 10.2. The Morgan fingerprint density at radius 2 is 1.90 bits per heavy atom. The molecule has 0 amide bonds. The van der Waals surface area contributed by atoms with Gasteiger partial charge in [0, 0.05) is 19.3 Å². The Kier molecular flexibility index (Phi) is 3.88. The van der Waals surface area contributed by atoms with Gasteiger partial charge in [-0.2, -0.15) is 0 Å². The van der Waals surface area contributed by atoms with E-state index in [0.29, 0.717) is 0 Å². The largest absolute Gasteiger partial charge is 0.385 e. The maximum atomic E-state index is 11.0. The summed E-state index contributed by atoms with van der Waals surface area (Å²) < 4.78 is 0. The molecule has 1 saturated heterocycles. The molecule has 21 heavy (non-hydrogen) atoms. The van der Waals surface area contributed by atoms with Crippen LogP contribution in [0.25, 0.3) is 0 Å². The fourth-order valence-corrected chi connectivity index (χ4v) is 3.01. The molecule has 3 rings (SSSR count). The standard InChI is InChI=1S/C17H21N3O/c1-14-18-11-8-16(19-14)20-12-5-9-17(21,10-13-20)15-6-3-2-4-7-15/h2-4,6-8,11,21H,5,9-10,12-13H2,1H3. The van der Waals surface area contributed by atoms with Crippen LogP contribution in [0.1, 0.15) is 30.7 Å². The molecule has 4 heteroatoms. The van der Waals surface area contributed by atoms with Crippen molar-refractivity contribution in [2.24, 2.45) is 0 Å². The second-order valence-corrected chi connectivity index (χ2v) is 5.70. The molecular weight excluding hydrogens is 262 g/mol. The third-order valence-electron chi connectivity index (χ3n) is 4.21. The monoisotopic (exact) mass is 283 g/mol. The lowest BCUT2D eigenvalue weighted by Gasteiger charge is -2.27. The van der Waals surface area contributed by atoms with Crippen LogP contribution in [0.4, 0.5) is 5.82 Å². The summed E-state index contributed by atoms with van der Waals surface area (Å²) in [6.45, 7) is 3.63. The number of benzene rings is 1. The van der Waals surface area contributed by atoms with E-state index in [9.17, 15) is 5.11 Å².